The summed E-state index contributed by atoms with van der Waals surface area (Å²) in [6.07, 6.45) is -6.48. The number of halogens is 3. The van der Waals surface area contributed by atoms with Crippen molar-refractivity contribution in [3.8, 4) is 0 Å². The van der Waals surface area contributed by atoms with E-state index in [4.69, 9.17) is 14.3 Å². The average Bonchev–Trinajstić information content (AvgIpc) is 3.03. The number of nitrogens with one attached hydrogen (secondary N) is 1. The largest absolute Gasteiger partial charge is 0.522 e. The van der Waals surface area contributed by atoms with Crippen LogP contribution in [0.1, 0.15) is 64.0 Å². The minimum absolute atomic E-state index is 0.0198. The number of rotatable bonds is 13. The molecule has 1 heterocycles. The van der Waals surface area contributed by atoms with Crippen molar-refractivity contribution in [1.82, 2.24) is 14.9 Å². The molecule has 0 bridgehead atoms. The first-order chi connectivity index (χ1) is 23.2. The van der Waals surface area contributed by atoms with E-state index in [0.29, 0.717) is 6.04 Å². The fourth-order valence-corrected chi connectivity index (χ4v) is 7.88. The number of amides is 3. The van der Waals surface area contributed by atoms with Gasteiger partial charge in [-0.25, -0.2) is 14.3 Å². The molecule has 1 saturated heterocycles. The van der Waals surface area contributed by atoms with Crippen LogP contribution in [0.2, 0.25) is 6.04 Å². The Morgan fingerprint density at radius 1 is 0.939 bits per heavy atom. The molecule has 0 spiro atoms. The highest BCUT2D eigenvalue weighted by atomic mass is 28.3. The molecule has 2 aromatic rings. The van der Waals surface area contributed by atoms with Gasteiger partial charge in [-0.15, -0.1) is 13.2 Å². The highest BCUT2D eigenvalue weighted by Gasteiger charge is 2.44. The molecule has 1 N–H and O–H groups in total. The molecule has 4 rings (SSSR count). The summed E-state index contributed by atoms with van der Waals surface area (Å²) in [5.74, 6) is -1.10. The smallest absolute Gasteiger partial charge is 0.444 e. The number of nitrogens with zero attached hydrogens (tertiary/aromatic N) is 2. The number of hydroxylamine groups is 1. The van der Waals surface area contributed by atoms with Gasteiger partial charge in [-0.1, -0.05) is 60.7 Å². The molecule has 1 aliphatic carbocycles. The van der Waals surface area contributed by atoms with Crippen molar-refractivity contribution in [2.45, 2.75) is 96.2 Å². The summed E-state index contributed by atoms with van der Waals surface area (Å²) in [4.78, 5) is 60.0. The number of ketones is 1. The highest BCUT2D eigenvalue weighted by molar-refractivity contribution is 6.58. The lowest BCUT2D eigenvalue weighted by molar-refractivity contribution is -0.353. The third kappa shape index (κ3) is 12.2. The summed E-state index contributed by atoms with van der Waals surface area (Å²) >= 11 is 0. The van der Waals surface area contributed by atoms with Crippen molar-refractivity contribution in [3.05, 3.63) is 71.8 Å². The van der Waals surface area contributed by atoms with E-state index in [0.717, 1.165) is 11.1 Å². The molecule has 1 radical (unpaired) electrons. The van der Waals surface area contributed by atoms with E-state index < -0.39 is 57.1 Å². The zero-order chi connectivity index (χ0) is 35.6. The molecule has 2 fully saturated rings. The van der Waals surface area contributed by atoms with Crippen molar-refractivity contribution in [3.63, 3.8) is 0 Å². The summed E-state index contributed by atoms with van der Waals surface area (Å²) in [6.45, 7) is 5.37. The number of hydrogen-bond donors (Lipinski definition) is 1. The number of carbonyl (C=O) groups excluding carboxylic acids is 4. The summed E-state index contributed by atoms with van der Waals surface area (Å²) < 4.78 is 53.5. The molecule has 267 valence electrons. The van der Waals surface area contributed by atoms with Crippen LogP contribution in [0.25, 0.3) is 0 Å². The second-order valence-electron chi connectivity index (χ2n) is 13.0. The number of ether oxygens (including phenoxy) is 3. The number of hydrogen-bond acceptors (Lipinski definition) is 8. The van der Waals surface area contributed by atoms with E-state index in [1.807, 2.05) is 60.7 Å². The SMILES string of the molecule is CC(C)(C)OC(=O)N1C[Si](N(OCc2ccccc2)C(=O)OCc2ccccc2)CC[C@@H]1C(=O)NCCCC(=O)C1CC(OC(F)(F)F)C1. The highest BCUT2D eigenvalue weighted by Crippen LogP contribution is 2.36. The van der Waals surface area contributed by atoms with Gasteiger partial charge >= 0.3 is 18.5 Å². The first-order valence-electron chi connectivity index (χ1n) is 16.3. The van der Waals surface area contributed by atoms with Gasteiger partial charge in [-0.2, -0.15) is 0 Å². The van der Waals surface area contributed by atoms with E-state index in [9.17, 15) is 32.3 Å². The van der Waals surface area contributed by atoms with E-state index in [-0.39, 0.29) is 63.8 Å². The van der Waals surface area contributed by atoms with Crippen LogP contribution in [-0.2, 0) is 41.9 Å². The van der Waals surface area contributed by atoms with E-state index in [2.05, 4.69) is 10.1 Å². The van der Waals surface area contributed by atoms with Gasteiger partial charge in [0, 0.05) is 25.1 Å². The Labute approximate surface area is 285 Å². The lowest BCUT2D eigenvalue weighted by atomic mass is 9.78. The quantitative estimate of drug-likeness (QED) is 0.151. The van der Waals surface area contributed by atoms with Crippen LogP contribution < -0.4 is 5.32 Å². The first-order valence-corrected chi connectivity index (χ1v) is 18.1. The van der Waals surface area contributed by atoms with Gasteiger partial charge in [0.2, 0.25) is 14.9 Å². The maximum absolute atomic E-state index is 13.4. The standard InChI is InChI=1S/C34H43F3N3O8Si/c1-33(2,3)48-31(43)39-23-49(40(46-22-25-13-8-5-9-14-25)32(44)45-21-24-11-6-4-7-12-24)18-16-28(39)30(42)38-17-10-15-29(41)26-19-27(20-26)47-34(35,36)37/h4-9,11-14,26-28H,10,15-23H2,1-3H3,(H,38,42)/t26?,27?,28-/m1/s1. The summed E-state index contributed by atoms with van der Waals surface area (Å²) in [5.41, 5.74) is 0.765. The summed E-state index contributed by atoms with van der Waals surface area (Å²) in [6, 6.07) is 18.0. The Hall–Kier alpha value is -3.95. The fraction of sp³-hybridized carbons (Fsp3) is 0.529. The van der Waals surface area contributed by atoms with Crippen LogP contribution in [0.3, 0.4) is 0 Å². The predicted molar refractivity (Wildman–Crippen MR) is 173 cm³/mol. The minimum atomic E-state index is -4.73. The molecule has 15 heteroatoms. The van der Waals surface area contributed by atoms with Crippen molar-refractivity contribution >= 4 is 32.8 Å². The fourth-order valence-electron chi connectivity index (χ4n) is 5.47. The van der Waals surface area contributed by atoms with E-state index >= 15 is 0 Å². The molecule has 11 nitrogen and oxygen atoms in total. The Morgan fingerprint density at radius 2 is 1.55 bits per heavy atom. The Bertz CT molecular complexity index is 1400. The van der Waals surface area contributed by atoms with Crippen LogP contribution >= 0.6 is 0 Å². The molecular formula is C34H43F3N3O8Si. The number of Topliss-reactive ketones (excluding diaryl/α,β-unsaturated/α-hetero) is 1. The van der Waals surface area contributed by atoms with Gasteiger partial charge in [0.1, 0.15) is 24.0 Å². The van der Waals surface area contributed by atoms with Crippen molar-refractivity contribution < 1.29 is 51.4 Å². The van der Waals surface area contributed by atoms with Crippen LogP contribution in [-0.4, -0.2) is 79.3 Å². The molecule has 0 aromatic heterocycles. The van der Waals surface area contributed by atoms with Gasteiger partial charge < -0.3 is 14.8 Å². The minimum Gasteiger partial charge on any atom is -0.444 e. The number of benzene rings is 2. The molecular weight excluding hydrogens is 663 g/mol. The topological polar surface area (TPSA) is 124 Å². The second-order valence-corrected chi connectivity index (χ2v) is 15.4. The molecule has 49 heavy (non-hydrogen) atoms. The monoisotopic (exact) mass is 706 g/mol. The third-order valence-electron chi connectivity index (χ3n) is 7.98. The number of alkyl halides is 3. The predicted octanol–water partition coefficient (Wildman–Crippen LogP) is 6.08. The van der Waals surface area contributed by atoms with Gasteiger partial charge in [-0.05, 0) is 63.6 Å². The zero-order valence-electron chi connectivity index (χ0n) is 27.9. The molecule has 2 aromatic carbocycles. The second kappa shape index (κ2) is 17.1. The molecule has 1 saturated carbocycles. The summed E-state index contributed by atoms with van der Waals surface area (Å²) in [7, 11) is -1.97. The normalized spacial score (nSPS) is 19.8. The van der Waals surface area contributed by atoms with Crippen molar-refractivity contribution in [2.75, 3.05) is 12.7 Å². The Kier molecular flexibility index (Phi) is 13.2. The lowest BCUT2D eigenvalue weighted by Gasteiger charge is -2.40. The Balaban J connectivity index is 1.37. The zero-order valence-corrected chi connectivity index (χ0v) is 28.9. The van der Waals surface area contributed by atoms with Gasteiger partial charge in [0.15, 0.2) is 0 Å². The molecule has 1 atom stereocenters. The van der Waals surface area contributed by atoms with E-state index in [1.165, 1.54) is 9.63 Å². The van der Waals surface area contributed by atoms with Crippen LogP contribution in [0.15, 0.2) is 60.7 Å². The van der Waals surface area contributed by atoms with Gasteiger partial charge in [0.25, 0.3) is 0 Å². The third-order valence-corrected chi connectivity index (χ3v) is 10.4. The first kappa shape index (κ1) is 37.9. The molecule has 0 unspecified atom stereocenters. The van der Waals surface area contributed by atoms with Gasteiger partial charge in [-0.3, -0.25) is 24.1 Å². The summed E-state index contributed by atoms with van der Waals surface area (Å²) in [5, 5.41) is 2.78. The van der Waals surface area contributed by atoms with E-state index in [1.54, 1.807) is 20.8 Å². The molecule has 1 aliphatic heterocycles. The molecule has 2 aliphatic rings. The Morgan fingerprint density at radius 3 is 2.14 bits per heavy atom. The average molecular weight is 707 g/mol. The van der Waals surface area contributed by atoms with Crippen LogP contribution in [0.4, 0.5) is 22.8 Å². The van der Waals surface area contributed by atoms with Crippen LogP contribution in [0.5, 0.6) is 0 Å². The van der Waals surface area contributed by atoms with Crippen molar-refractivity contribution in [2.24, 2.45) is 5.92 Å². The maximum Gasteiger partial charge on any atom is 0.522 e. The lowest BCUT2D eigenvalue weighted by Crippen LogP contribution is -2.61. The van der Waals surface area contributed by atoms with Crippen LogP contribution in [0, 0.1) is 5.92 Å². The number of carbonyl (C=O) groups is 4. The maximum atomic E-state index is 13.4. The molecule has 3 amide bonds. The van der Waals surface area contributed by atoms with Gasteiger partial charge in [0.05, 0.1) is 12.7 Å². The van der Waals surface area contributed by atoms with Crippen molar-refractivity contribution in [1.29, 1.82) is 0 Å².